The summed E-state index contributed by atoms with van der Waals surface area (Å²) in [6, 6.07) is 25.1. The Balaban J connectivity index is 1.57. The van der Waals surface area contributed by atoms with Crippen molar-refractivity contribution in [3.63, 3.8) is 0 Å². The molecule has 4 aromatic rings. The highest BCUT2D eigenvalue weighted by Gasteiger charge is 2.28. The van der Waals surface area contributed by atoms with Crippen LogP contribution in [-0.4, -0.2) is 39.8 Å². The van der Waals surface area contributed by atoms with Crippen molar-refractivity contribution in [2.45, 2.75) is 38.8 Å². The van der Waals surface area contributed by atoms with Crippen LogP contribution >= 0.6 is 0 Å². The van der Waals surface area contributed by atoms with Crippen molar-refractivity contribution in [2.75, 3.05) is 13.2 Å². The molecule has 1 saturated heterocycles. The number of nitrogens with zero attached hydrogens (tertiary/aromatic N) is 3. The summed E-state index contributed by atoms with van der Waals surface area (Å²) in [5.74, 6) is 0.529. The molecule has 190 valence electrons. The first-order chi connectivity index (χ1) is 18.1. The number of ether oxygens (including phenoxy) is 2. The third-order valence-corrected chi connectivity index (χ3v) is 6.47. The SMILES string of the molecule is CCc1nn(-c2ccccc2)c(Oc2ccccc2)c1CN(C[C@H]1CCCO1)C(=O)c1cccc(F)c1. The average Bonchev–Trinajstić information content (AvgIpc) is 3.57. The second-order valence-electron chi connectivity index (χ2n) is 9.08. The van der Waals surface area contributed by atoms with Crippen molar-refractivity contribution in [1.29, 1.82) is 0 Å². The minimum Gasteiger partial charge on any atom is -0.439 e. The van der Waals surface area contributed by atoms with E-state index in [9.17, 15) is 9.18 Å². The lowest BCUT2D eigenvalue weighted by Crippen LogP contribution is -2.37. The summed E-state index contributed by atoms with van der Waals surface area (Å²) >= 11 is 0. The highest BCUT2D eigenvalue weighted by atomic mass is 19.1. The zero-order valence-electron chi connectivity index (χ0n) is 20.8. The van der Waals surface area contributed by atoms with Gasteiger partial charge in [0, 0.05) is 18.7 Å². The monoisotopic (exact) mass is 499 g/mol. The van der Waals surface area contributed by atoms with Gasteiger partial charge in [-0.2, -0.15) is 5.10 Å². The van der Waals surface area contributed by atoms with Crippen molar-refractivity contribution in [2.24, 2.45) is 0 Å². The Kier molecular flexibility index (Phi) is 7.61. The van der Waals surface area contributed by atoms with Crippen molar-refractivity contribution < 1.29 is 18.7 Å². The Morgan fingerprint density at radius 3 is 2.51 bits per heavy atom. The standard InChI is InChI=1S/C30H30FN3O3/c1-2-28-27(21-33(20-26-17-10-18-36-26)29(35)22-11-9-12-23(31)19-22)30(37-25-15-7-4-8-16-25)34(32-28)24-13-5-3-6-14-24/h3-9,11-16,19,26H,2,10,17-18,20-21H2,1H3/t26-/m1/s1. The highest BCUT2D eigenvalue weighted by Crippen LogP contribution is 2.33. The number of rotatable bonds is 9. The van der Waals surface area contributed by atoms with E-state index in [-0.39, 0.29) is 18.6 Å². The number of aromatic nitrogens is 2. The summed E-state index contributed by atoms with van der Waals surface area (Å²) in [6.07, 6.45) is 2.43. The summed E-state index contributed by atoms with van der Waals surface area (Å²) in [4.78, 5) is 15.4. The molecule has 2 heterocycles. The predicted octanol–water partition coefficient (Wildman–Crippen LogP) is 6.19. The molecule has 1 atom stereocenters. The van der Waals surface area contributed by atoms with E-state index in [1.54, 1.807) is 21.7 Å². The third-order valence-electron chi connectivity index (χ3n) is 6.47. The Bertz CT molecular complexity index is 1330. The van der Waals surface area contributed by atoms with Crippen molar-refractivity contribution in [3.8, 4) is 17.3 Å². The van der Waals surface area contributed by atoms with Gasteiger partial charge in [-0.25, -0.2) is 9.07 Å². The van der Waals surface area contributed by atoms with Gasteiger partial charge in [-0.15, -0.1) is 0 Å². The first-order valence-electron chi connectivity index (χ1n) is 12.7. The number of benzene rings is 3. The molecule has 1 aromatic heterocycles. The molecule has 1 amide bonds. The van der Waals surface area contributed by atoms with Gasteiger partial charge in [-0.05, 0) is 61.7 Å². The van der Waals surface area contributed by atoms with E-state index >= 15 is 0 Å². The zero-order valence-corrected chi connectivity index (χ0v) is 20.8. The molecule has 0 saturated carbocycles. The number of carbonyl (C=O) groups excluding carboxylic acids is 1. The van der Waals surface area contributed by atoms with Crippen LogP contribution in [0.2, 0.25) is 0 Å². The fourth-order valence-corrected chi connectivity index (χ4v) is 4.62. The van der Waals surface area contributed by atoms with E-state index in [1.165, 1.54) is 12.1 Å². The van der Waals surface area contributed by atoms with Gasteiger partial charge in [0.1, 0.15) is 11.6 Å². The Morgan fingerprint density at radius 1 is 1.08 bits per heavy atom. The summed E-state index contributed by atoms with van der Waals surface area (Å²) in [5, 5.41) is 4.89. The molecule has 0 spiro atoms. The molecule has 3 aromatic carbocycles. The normalized spacial score (nSPS) is 15.0. The minimum atomic E-state index is -0.442. The van der Waals surface area contributed by atoms with Crippen LogP contribution in [-0.2, 0) is 17.7 Å². The van der Waals surface area contributed by atoms with Gasteiger partial charge in [0.15, 0.2) is 0 Å². The van der Waals surface area contributed by atoms with Crippen LogP contribution in [0.25, 0.3) is 5.69 Å². The van der Waals surface area contributed by atoms with Crippen LogP contribution < -0.4 is 4.74 Å². The van der Waals surface area contributed by atoms with Gasteiger partial charge >= 0.3 is 0 Å². The highest BCUT2D eigenvalue weighted by molar-refractivity contribution is 5.94. The number of halogens is 1. The maximum atomic E-state index is 14.0. The van der Waals surface area contributed by atoms with Crippen LogP contribution in [0.3, 0.4) is 0 Å². The Hall–Kier alpha value is -3.97. The number of hydrogen-bond acceptors (Lipinski definition) is 4. The molecule has 37 heavy (non-hydrogen) atoms. The summed E-state index contributed by atoms with van der Waals surface area (Å²) in [7, 11) is 0. The van der Waals surface area contributed by atoms with E-state index in [0.29, 0.717) is 36.8 Å². The van der Waals surface area contributed by atoms with Crippen LogP contribution in [0.15, 0.2) is 84.9 Å². The van der Waals surface area contributed by atoms with Crippen molar-refractivity contribution in [3.05, 3.63) is 108 Å². The van der Waals surface area contributed by atoms with E-state index in [0.717, 1.165) is 29.8 Å². The molecule has 0 bridgehead atoms. The number of hydrogen-bond donors (Lipinski definition) is 0. The number of aryl methyl sites for hydroxylation is 1. The summed E-state index contributed by atoms with van der Waals surface area (Å²) in [5.41, 5.74) is 2.81. The van der Waals surface area contributed by atoms with Gasteiger partial charge in [-0.1, -0.05) is 49.4 Å². The fourth-order valence-electron chi connectivity index (χ4n) is 4.62. The van der Waals surface area contributed by atoms with Crippen molar-refractivity contribution >= 4 is 5.91 Å². The molecule has 1 fully saturated rings. The van der Waals surface area contributed by atoms with Gasteiger partial charge in [-0.3, -0.25) is 4.79 Å². The van der Waals surface area contributed by atoms with Crippen LogP contribution in [0.1, 0.15) is 41.4 Å². The smallest absolute Gasteiger partial charge is 0.254 e. The number of carbonyl (C=O) groups is 1. The lowest BCUT2D eigenvalue weighted by atomic mass is 10.1. The van der Waals surface area contributed by atoms with Crippen molar-refractivity contribution in [1.82, 2.24) is 14.7 Å². The van der Waals surface area contributed by atoms with E-state index in [4.69, 9.17) is 14.6 Å². The zero-order chi connectivity index (χ0) is 25.6. The average molecular weight is 500 g/mol. The molecule has 1 aliphatic heterocycles. The first-order valence-corrected chi connectivity index (χ1v) is 12.7. The van der Waals surface area contributed by atoms with Gasteiger partial charge in [0.2, 0.25) is 5.88 Å². The van der Waals surface area contributed by atoms with E-state index in [2.05, 4.69) is 0 Å². The van der Waals surface area contributed by atoms with Crippen LogP contribution in [0.4, 0.5) is 4.39 Å². The molecule has 5 rings (SSSR count). The third kappa shape index (κ3) is 5.73. The van der Waals surface area contributed by atoms with Gasteiger partial charge < -0.3 is 14.4 Å². The lowest BCUT2D eigenvalue weighted by molar-refractivity contribution is 0.0505. The lowest BCUT2D eigenvalue weighted by Gasteiger charge is -2.26. The van der Waals surface area contributed by atoms with Gasteiger partial charge in [0.05, 0.1) is 29.6 Å². The largest absolute Gasteiger partial charge is 0.439 e. The quantitative estimate of drug-likeness (QED) is 0.276. The minimum absolute atomic E-state index is 0.0646. The molecule has 0 unspecified atom stereocenters. The maximum absolute atomic E-state index is 14.0. The van der Waals surface area contributed by atoms with Crippen LogP contribution in [0.5, 0.6) is 11.6 Å². The molecular formula is C30H30FN3O3. The molecule has 7 heteroatoms. The number of para-hydroxylation sites is 2. The molecular weight excluding hydrogens is 469 g/mol. The Labute approximate surface area is 216 Å². The topological polar surface area (TPSA) is 56.6 Å². The second-order valence-corrected chi connectivity index (χ2v) is 9.08. The molecule has 0 radical (unpaired) electrons. The second kappa shape index (κ2) is 11.4. The predicted molar refractivity (Wildman–Crippen MR) is 140 cm³/mol. The van der Waals surface area contributed by atoms with E-state index < -0.39 is 5.82 Å². The number of amides is 1. The summed E-state index contributed by atoms with van der Waals surface area (Å²) < 4.78 is 28.1. The molecule has 0 N–H and O–H groups in total. The Morgan fingerprint density at radius 2 is 1.84 bits per heavy atom. The van der Waals surface area contributed by atoms with Gasteiger partial charge in [0.25, 0.3) is 5.91 Å². The first kappa shape index (κ1) is 24.7. The molecule has 1 aliphatic rings. The maximum Gasteiger partial charge on any atom is 0.254 e. The van der Waals surface area contributed by atoms with Crippen LogP contribution in [0, 0.1) is 5.82 Å². The summed E-state index contributed by atoms with van der Waals surface area (Å²) in [6.45, 7) is 3.38. The van der Waals surface area contributed by atoms with E-state index in [1.807, 2.05) is 67.6 Å². The fraction of sp³-hybridized carbons (Fsp3) is 0.267. The molecule has 0 aliphatic carbocycles. The molecule has 6 nitrogen and oxygen atoms in total.